The van der Waals surface area contributed by atoms with E-state index in [2.05, 4.69) is 20.9 Å². The van der Waals surface area contributed by atoms with Crippen molar-refractivity contribution in [3.05, 3.63) is 0 Å². The van der Waals surface area contributed by atoms with Gasteiger partial charge in [0.15, 0.2) is 0 Å². The smallest absolute Gasteiger partial charge is 0.315 e. The van der Waals surface area contributed by atoms with Gasteiger partial charge in [-0.05, 0) is 0 Å². The molecule has 1 atom stereocenters. The second kappa shape index (κ2) is 1.95. The predicted octanol–water partition coefficient (Wildman–Crippen LogP) is -1.37. The number of amidine groups is 1. The number of hydrogen-bond acceptors (Lipinski definition) is 3. The van der Waals surface area contributed by atoms with Crippen molar-refractivity contribution in [2.24, 2.45) is 4.99 Å². The molecule has 5 heteroatoms. The first-order valence-corrected chi connectivity index (χ1v) is 3.21. The van der Waals surface area contributed by atoms with Crippen LogP contribution in [0, 0.1) is 0 Å². The van der Waals surface area contributed by atoms with Gasteiger partial charge in [-0.1, -0.05) is 0 Å². The largest absolute Gasteiger partial charge is 0.321 e. The molecule has 0 bridgehead atoms. The van der Waals surface area contributed by atoms with E-state index in [4.69, 9.17) is 0 Å². The maximum absolute atomic E-state index is 10.7. The zero-order chi connectivity index (χ0) is 6.97. The van der Waals surface area contributed by atoms with E-state index in [1.54, 1.807) is 0 Å². The van der Waals surface area contributed by atoms with E-state index in [0.717, 1.165) is 18.9 Å². The zero-order valence-electron chi connectivity index (χ0n) is 5.35. The van der Waals surface area contributed by atoms with E-state index in [1.807, 2.05) is 0 Å². The number of carbonyl (C=O) groups is 1. The Kier molecular flexibility index (Phi) is 1.10. The van der Waals surface area contributed by atoms with E-state index < -0.39 is 0 Å². The van der Waals surface area contributed by atoms with Gasteiger partial charge in [0, 0.05) is 6.54 Å². The Labute approximate surface area is 57.9 Å². The standard InChI is InChI=1S/C5H8N4O/c10-5-8-3-4(9-5)7-2-1-6-3/h3,6H,1-2H2,(H2,7,8,9,10). The quantitative estimate of drug-likeness (QED) is 0.388. The summed E-state index contributed by atoms with van der Waals surface area (Å²) >= 11 is 0. The minimum atomic E-state index is -0.168. The Morgan fingerprint density at radius 2 is 2.50 bits per heavy atom. The number of carbonyl (C=O) groups excluding carboxylic acids is 1. The molecule has 2 rings (SSSR count). The number of amides is 2. The van der Waals surface area contributed by atoms with Crippen LogP contribution in [0.3, 0.4) is 0 Å². The lowest BCUT2D eigenvalue weighted by Gasteiger charge is -2.15. The van der Waals surface area contributed by atoms with Crippen LogP contribution >= 0.6 is 0 Å². The first kappa shape index (κ1) is 5.67. The maximum Gasteiger partial charge on any atom is 0.321 e. The molecular formula is C5H8N4O. The molecule has 0 aliphatic carbocycles. The molecule has 2 aliphatic rings. The lowest BCUT2D eigenvalue weighted by atomic mass is 10.4. The molecule has 5 nitrogen and oxygen atoms in total. The average Bonchev–Trinajstić information content (AvgIpc) is 2.27. The summed E-state index contributed by atoms with van der Waals surface area (Å²) in [6.45, 7) is 1.57. The Morgan fingerprint density at radius 1 is 1.60 bits per heavy atom. The van der Waals surface area contributed by atoms with Gasteiger partial charge in [-0.2, -0.15) is 0 Å². The number of nitrogens with one attached hydrogen (secondary N) is 3. The molecule has 2 heterocycles. The summed E-state index contributed by atoms with van der Waals surface area (Å²) in [5, 5.41) is 8.34. The van der Waals surface area contributed by atoms with Gasteiger partial charge in [0.25, 0.3) is 0 Å². The van der Waals surface area contributed by atoms with Gasteiger partial charge in [-0.3, -0.25) is 15.6 Å². The summed E-state index contributed by atoms with van der Waals surface area (Å²) in [5.41, 5.74) is 0. The molecule has 1 fully saturated rings. The lowest BCUT2D eigenvalue weighted by molar-refractivity contribution is 0.247. The summed E-state index contributed by atoms with van der Waals surface area (Å²) in [6, 6.07) is -0.168. The molecule has 0 aromatic heterocycles. The van der Waals surface area contributed by atoms with Crippen molar-refractivity contribution in [1.29, 1.82) is 0 Å². The third-order valence-corrected chi connectivity index (χ3v) is 1.53. The second-order valence-corrected chi connectivity index (χ2v) is 2.25. The molecule has 54 valence electrons. The van der Waals surface area contributed by atoms with Crippen molar-refractivity contribution in [1.82, 2.24) is 16.0 Å². The number of urea groups is 1. The molecule has 0 saturated carbocycles. The highest BCUT2D eigenvalue weighted by Gasteiger charge is 2.28. The van der Waals surface area contributed by atoms with E-state index in [0.29, 0.717) is 0 Å². The number of aliphatic imine (C=N–C) groups is 1. The van der Waals surface area contributed by atoms with Crippen LogP contribution in [-0.4, -0.2) is 31.1 Å². The topological polar surface area (TPSA) is 65.5 Å². The number of rotatable bonds is 0. The normalized spacial score (nSPS) is 30.2. The highest BCUT2D eigenvalue weighted by molar-refractivity contribution is 6.07. The molecule has 1 unspecified atom stereocenters. The summed E-state index contributed by atoms with van der Waals surface area (Å²) in [7, 11) is 0. The van der Waals surface area contributed by atoms with Gasteiger partial charge in [0.2, 0.25) is 0 Å². The van der Waals surface area contributed by atoms with Crippen molar-refractivity contribution < 1.29 is 4.79 Å². The molecule has 0 aromatic carbocycles. The molecule has 10 heavy (non-hydrogen) atoms. The molecule has 3 N–H and O–H groups in total. The van der Waals surface area contributed by atoms with E-state index in [-0.39, 0.29) is 12.2 Å². The SMILES string of the molecule is O=C1NC2=NCCNC2N1. The van der Waals surface area contributed by atoms with Gasteiger partial charge < -0.3 is 5.32 Å². The number of hydrogen-bond donors (Lipinski definition) is 3. The van der Waals surface area contributed by atoms with Crippen molar-refractivity contribution in [3.8, 4) is 0 Å². The monoisotopic (exact) mass is 140 g/mol. The van der Waals surface area contributed by atoms with Crippen LogP contribution in [0.15, 0.2) is 4.99 Å². The fourth-order valence-electron chi connectivity index (χ4n) is 1.09. The molecular weight excluding hydrogens is 132 g/mol. The van der Waals surface area contributed by atoms with Gasteiger partial charge in [-0.15, -0.1) is 0 Å². The Morgan fingerprint density at radius 3 is 3.30 bits per heavy atom. The fourth-order valence-corrected chi connectivity index (χ4v) is 1.09. The summed E-state index contributed by atoms with van der Waals surface area (Å²) < 4.78 is 0. The first-order valence-electron chi connectivity index (χ1n) is 3.21. The summed E-state index contributed by atoms with van der Waals surface area (Å²) in [6.07, 6.45) is -0.0683. The average molecular weight is 140 g/mol. The van der Waals surface area contributed by atoms with Crippen molar-refractivity contribution in [3.63, 3.8) is 0 Å². The Bertz CT molecular complexity index is 200. The molecule has 0 aromatic rings. The lowest BCUT2D eigenvalue weighted by Crippen LogP contribution is -2.47. The molecule has 2 aliphatic heterocycles. The molecule has 1 saturated heterocycles. The van der Waals surface area contributed by atoms with E-state index in [1.165, 1.54) is 0 Å². The highest BCUT2D eigenvalue weighted by Crippen LogP contribution is 1.95. The highest BCUT2D eigenvalue weighted by atomic mass is 16.2. The van der Waals surface area contributed by atoms with Gasteiger partial charge in [-0.25, -0.2) is 4.79 Å². The summed E-state index contributed by atoms with van der Waals surface area (Å²) in [4.78, 5) is 14.8. The van der Waals surface area contributed by atoms with Crippen LogP contribution in [0.5, 0.6) is 0 Å². The Balaban J connectivity index is 2.20. The third kappa shape index (κ3) is 0.750. The fraction of sp³-hybridized carbons (Fsp3) is 0.600. The third-order valence-electron chi connectivity index (χ3n) is 1.53. The van der Waals surface area contributed by atoms with Crippen molar-refractivity contribution in [2.45, 2.75) is 6.17 Å². The van der Waals surface area contributed by atoms with Gasteiger partial charge in [0.05, 0.1) is 6.54 Å². The number of nitrogens with zero attached hydrogens (tertiary/aromatic N) is 1. The first-order chi connectivity index (χ1) is 4.86. The molecule has 0 spiro atoms. The van der Waals surface area contributed by atoms with Crippen LogP contribution in [0.25, 0.3) is 0 Å². The van der Waals surface area contributed by atoms with Crippen LogP contribution in [0.4, 0.5) is 4.79 Å². The molecule has 2 amide bonds. The minimum absolute atomic E-state index is 0.0683. The summed E-state index contributed by atoms with van der Waals surface area (Å²) in [5.74, 6) is 0.719. The zero-order valence-corrected chi connectivity index (χ0v) is 5.35. The van der Waals surface area contributed by atoms with Crippen LogP contribution < -0.4 is 16.0 Å². The second-order valence-electron chi connectivity index (χ2n) is 2.25. The van der Waals surface area contributed by atoms with E-state index >= 15 is 0 Å². The van der Waals surface area contributed by atoms with Crippen molar-refractivity contribution >= 4 is 11.9 Å². The van der Waals surface area contributed by atoms with Crippen LogP contribution in [0.2, 0.25) is 0 Å². The number of fused-ring (bicyclic) bond motifs is 1. The van der Waals surface area contributed by atoms with Gasteiger partial charge in [0.1, 0.15) is 12.0 Å². The predicted molar refractivity (Wildman–Crippen MR) is 35.8 cm³/mol. The van der Waals surface area contributed by atoms with Crippen LogP contribution in [0.1, 0.15) is 0 Å². The van der Waals surface area contributed by atoms with E-state index in [9.17, 15) is 4.79 Å². The molecule has 0 radical (unpaired) electrons. The van der Waals surface area contributed by atoms with Crippen LogP contribution in [-0.2, 0) is 0 Å². The van der Waals surface area contributed by atoms with Gasteiger partial charge >= 0.3 is 6.03 Å². The maximum atomic E-state index is 10.7. The van der Waals surface area contributed by atoms with Crippen molar-refractivity contribution in [2.75, 3.05) is 13.1 Å². The minimum Gasteiger partial charge on any atom is -0.315 e. The Hall–Kier alpha value is -1.10.